The summed E-state index contributed by atoms with van der Waals surface area (Å²) in [6.07, 6.45) is 1.32. The largest absolute Gasteiger partial charge is 0.496 e. The molecule has 0 spiro atoms. The van der Waals surface area contributed by atoms with Crippen molar-refractivity contribution in [2.45, 2.75) is 52.5 Å². The van der Waals surface area contributed by atoms with Crippen molar-refractivity contribution in [3.05, 3.63) is 28.9 Å². The number of carbonyl (C=O) groups excluding carboxylic acids is 3. The third kappa shape index (κ3) is 6.09. The predicted octanol–water partition coefficient (Wildman–Crippen LogP) is 3.99. The van der Waals surface area contributed by atoms with E-state index in [9.17, 15) is 19.6 Å². The first-order valence-corrected chi connectivity index (χ1v) is 11.8. The Bertz CT molecular complexity index is 1130. The van der Waals surface area contributed by atoms with Gasteiger partial charge in [-0.1, -0.05) is 32.4 Å². The number of nitrogens with one attached hydrogen (secondary N) is 3. The molecule has 3 rings (SSSR count). The van der Waals surface area contributed by atoms with Crippen LogP contribution in [0.3, 0.4) is 0 Å². The van der Waals surface area contributed by atoms with Crippen molar-refractivity contribution in [3.8, 4) is 11.8 Å². The van der Waals surface area contributed by atoms with Gasteiger partial charge in [0.2, 0.25) is 11.8 Å². The van der Waals surface area contributed by atoms with E-state index in [1.165, 1.54) is 0 Å². The molecule has 0 bridgehead atoms. The second kappa shape index (κ2) is 10.5. The minimum Gasteiger partial charge on any atom is -0.496 e. The quantitative estimate of drug-likeness (QED) is 0.462. The Morgan fingerprint density at radius 1 is 1.35 bits per heavy atom. The number of ketones is 1. The third-order valence-corrected chi connectivity index (χ3v) is 6.36. The van der Waals surface area contributed by atoms with Gasteiger partial charge in [0.15, 0.2) is 5.78 Å². The Morgan fingerprint density at radius 3 is 2.68 bits per heavy atom. The van der Waals surface area contributed by atoms with E-state index in [1.807, 2.05) is 20.8 Å². The number of amides is 2. The van der Waals surface area contributed by atoms with E-state index in [0.29, 0.717) is 46.8 Å². The van der Waals surface area contributed by atoms with Gasteiger partial charge in [0, 0.05) is 30.2 Å². The van der Waals surface area contributed by atoms with E-state index in [1.54, 1.807) is 25.3 Å². The molecular weight excluding hydrogens is 456 g/mol. The minimum absolute atomic E-state index is 0.0298. The van der Waals surface area contributed by atoms with Crippen molar-refractivity contribution in [2.75, 3.05) is 13.7 Å². The maximum absolute atomic E-state index is 13.2. The number of fused-ring (bicyclic) bond motifs is 1. The number of Topliss-reactive ketones (excluding diaryl/α,β-unsaturated/α-hetero) is 1. The molecule has 1 aromatic heterocycles. The Balaban J connectivity index is 1.78. The third-order valence-electron chi connectivity index (χ3n) is 6.04. The summed E-state index contributed by atoms with van der Waals surface area (Å²) in [4.78, 5) is 41.3. The van der Waals surface area contributed by atoms with Crippen molar-refractivity contribution in [1.82, 2.24) is 15.6 Å². The second-order valence-corrected chi connectivity index (χ2v) is 10.4. The number of rotatable bonds is 9. The summed E-state index contributed by atoms with van der Waals surface area (Å²) in [7, 11) is 1.54. The number of nitrogens with zero attached hydrogens (tertiary/aromatic N) is 1. The normalized spacial score (nSPS) is 17.6. The summed E-state index contributed by atoms with van der Waals surface area (Å²) in [6.45, 7) is 6.57. The summed E-state index contributed by atoms with van der Waals surface area (Å²) in [5.74, 6) is -1.03. The number of carbonyl (C=O) groups is 3. The molecule has 2 amide bonds. The van der Waals surface area contributed by atoms with Gasteiger partial charge in [0.1, 0.15) is 11.8 Å². The lowest BCUT2D eigenvalue weighted by molar-refractivity contribution is -0.127. The number of hydrogen-bond donors (Lipinski definition) is 3. The number of hydrogen-bond acceptors (Lipinski definition) is 5. The van der Waals surface area contributed by atoms with Gasteiger partial charge in [-0.2, -0.15) is 5.26 Å². The number of halogens is 1. The number of ether oxygens (including phenoxy) is 1. The average Bonchev–Trinajstić information content (AvgIpc) is 3.39. The lowest BCUT2D eigenvalue weighted by Gasteiger charge is -2.26. The van der Waals surface area contributed by atoms with E-state index in [-0.39, 0.29) is 41.8 Å². The SMILES string of the molecule is COc1ccc(Cl)c2[nH]c(C(=O)CC(CC(C)(C)C)C(=O)NC(C#N)CC3CCNC3=O)cc12. The van der Waals surface area contributed by atoms with Crippen LogP contribution in [-0.2, 0) is 9.59 Å². The van der Waals surface area contributed by atoms with Crippen LogP contribution in [0.25, 0.3) is 10.9 Å². The molecule has 2 aromatic rings. The van der Waals surface area contributed by atoms with E-state index in [0.717, 1.165) is 0 Å². The number of aromatic amines is 1. The number of benzene rings is 1. The molecule has 34 heavy (non-hydrogen) atoms. The number of H-pyrrole nitrogens is 1. The van der Waals surface area contributed by atoms with Gasteiger partial charge >= 0.3 is 0 Å². The lowest BCUT2D eigenvalue weighted by atomic mass is 9.81. The molecule has 1 aliphatic heterocycles. The number of methoxy groups -OCH3 is 1. The highest BCUT2D eigenvalue weighted by Crippen LogP contribution is 2.33. The summed E-state index contributed by atoms with van der Waals surface area (Å²) < 4.78 is 5.37. The van der Waals surface area contributed by atoms with Crippen LogP contribution < -0.4 is 15.4 Å². The molecule has 9 heteroatoms. The fraction of sp³-hybridized carbons (Fsp3) is 0.520. The van der Waals surface area contributed by atoms with Crippen molar-refractivity contribution in [1.29, 1.82) is 5.26 Å². The molecule has 8 nitrogen and oxygen atoms in total. The molecule has 1 fully saturated rings. The standard InChI is InChI=1S/C25H31ClN4O4/c1-25(2,3)12-15(24(33)29-16(13-27)9-14-7-8-28-23(14)32)10-20(31)19-11-17-21(34-4)6-5-18(26)22(17)30-19/h5-6,11,14-16,30H,7-10,12H2,1-4H3,(H,28,32)(H,29,33). The van der Waals surface area contributed by atoms with Gasteiger partial charge in [-0.3, -0.25) is 14.4 Å². The van der Waals surface area contributed by atoms with Crippen molar-refractivity contribution < 1.29 is 19.1 Å². The maximum Gasteiger partial charge on any atom is 0.224 e. The van der Waals surface area contributed by atoms with Crippen LogP contribution in [0.4, 0.5) is 0 Å². The molecule has 0 radical (unpaired) electrons. The van der Waals surface area contributed by atoms with Gasteiger partial charge in [-0.15, -0.1) is 0 Å². The average molecular weight is 487 g/mol. The Kier molecular flexibility index (Phi) is 7.88. The van der Waals surface area contributed by atoms with Gasteiger partial charge in [-0.05, 0) is 42.9 Å². The van der Waals surface area contributed by atoms with Crippen LogP contribution in [0, 0.1) is 28.6 Å². The maximum atomic E-state index is 13.2. The highest BCUT2D eigenvalue weighted by Gasteiger charge is 2.32. The second-order valence-electron chi connectivity index (χ2n) is 10.0. The first-order chi connectivity index (χ1) is 16.0. The molecule has 1 aromatic carbocycles. The molecular formula is C25H31ClN4O4. The minimum atomic E-state index is -0.796. The lowest BCUT2D eigenvalue weighted by Crippen LogP contribution is -2.41. The molecule has 0 saturated carbocycles. The van der Waals surface area contributed by atoms with E-state index < -0.39 is 12.0 Å². The molecule has 1 aliphatic rings. The molecule has 3 atom stereocenters. The predicted molar refractivity (Wildman–Crippen MR) is 130 cm³/mol. The summed E-state index contributed by atoms with van der Waals surface area (Å²) >= 11 is 6.28. The van der Waals surface area contributed by atoms with Crippen LogP contribution in [0.2, 0.25) is 5.02 Å². The van der Waals surface area contributed by atoms with E-state index >= 15 is 0 Å². The zero-order valence-electron chi connectivity index (χ0n) is 20.0. The van der Waals surface area contributed by atoms with Gasteiger partial charge in [-0.25, -0.2) is 0 Å². The summed E-state index contributed by atoms with van der Waals surface area (Å²) in [5.41, 5.74) is 0.719. The number of aromatic nitrogens is 1. The molecule has 3 unspecified atom stereocenters. The molecule has 2 heterocycles. The zero-order valence-corrected chi connectivity index (χ0v) is 20.7. The van der Waals surface area contributed by atoms with Crippen LogP contribution in [0.5, 0.6) is 5.75 Å². The summed E-state index contributed by atoms with van der Waals surface area (Å²) in [6, 6.07) is 6.40. The molecule has 182 valence electrons. The summed E-state index contributed by atoms with van der Waals surface area (Å²) in [5, 5.41) is 16.2. The van der Waals surface area contributed by atoms with Crippen LogP contribution >= 0.6 is 11.6 Å². The Hall–Kier alpha value is -3.05. The molecule has 3 N–H and O–H groups in total. The Morgan fingerprint density at radius 2 is 2.09 bits per heavy atom. The van der Waals surface area contributed by atoms with Crippen molar-refractivity contribution >= 4 is 40.1 Å². The highest BCUT2D eigenvalue weighted by molar-refractivity contribution is 6.35. The van der Waals surface area contributed by atoms with Crippen molar-refractivity contribution in [2.24, 2.45) is 17.3 Å². The monoisotopic (exact) mass is 486 g/mol. The topological polar surface area (TPSA) is 124 Å². The number of nitriles is 1. The van der Waals surface area contributed by atoms with E-state index in [4.69, 9.17) is 16.3 Å². The fourth-order valence-electron chi connectivity index (χ4n) is 4.41. The smallest absolute Gasteiger partial charge is 0.224 e. The first kappa shape index (κ1) is 25.6. The zero-order chi connectivity index (χ0) is 25.0. The fourth-order valence-corrected chi connectivity index (χ4v) is 4.62. The van der Waals surface area contributed by atoms with Crippen LogP contribution in [0.15, 0.2) is 18.2 Å². The van der Waals surface area contributed by atoms with Crippen molar-refractivity contribution in [3.63, 3.8) is 0 Å². The van der Waals surface area contributed by atoms with Gasteiger partial charge in [0.05, 0.1) is 29.4 Å². The highest BCUT2D eigenvalue weighted by atomic mass is 35.5. The van der Waals surface area contributed by atoms with Gasteiger partial charge in [0.25, 0.3) is 0 Å². The van der Waals surface area contributed by atoms with E-state index in [2.05, 4.69) is 21.7 Å². The molecule has 1 saturated heterocycles. The van der Waals surface area contributed by atoms with Crippen LogP contribution in [-0.4, -0.2) is 42.3 Å². The van der Waals surface area contributed by atoms with Crippen LogP contribution in [0.1, 0.15) is 56.9 Å². The Labute approximate surface area is 204 Å². The van der Waals surface area contributed by atoms with Gasteiger partial charge < -0.3 is 20.4 Å². The first-order valence-electron chi connectivity index (χ1n) is 11.4. The molecule has 0 aliphatic carbocycles.